The van der Waals surface area contributed by atoms with Crippen molar-refractivity contribution in [1.82, 2.24) is 15.5 Å². The van der Waals surface area contributed by atoms with E-state index in [-0.39, 0.29) is 17.9 Å². The monoisotopic (exact) mass is 317 g/mol. The van der Waals surface area contributed by atoms with Gasteiger partial charge in [0.2, 0.25) is 0 Å². The van der Waals surface area contributed by atoms with Crippen molar-refractivity contribution >= 4 is 5.91 Å². The number of halogens is 2. The zero-order valence-electron chi connectivity index (χ0n) is 11.9. The van der Waals surface area contributed by atoms with Crippen LogP contribution < -0.4 is 5.32 Å². The van der Waals surface area contributed by atoms with Crippen LogP contribution >= 0.6 is 0 Å². The van der Waals surface area contributed by atoms with Crippen molar-refractivity contribution in [3.05, 3.63) is 65.7 Å². The summed E-state index contributed by atoms with van der Waals surface area (Å²) in [5, 5.41) is 8.25. The zero-order valence-corrected chi connectivity index (χ0v) is 11.9. The lowest BCUT2D eigenvalue weighted by Gasteiger charge is -2.00. The second-order valence-electron chi connectivity index (χ2n) is 4.82. The van der Waals surface area contributed by atoms with Gasteiger partial charge in [0.15, 0.2) is 0 Å². The van der Waals surface area contributed by atoms with Gasteiger partial charge in [-0.15, -0.1) is 0 Å². The molecule has 0 spiro atoms. The number of nitrogens with one attached hydrogen (secondary N) is 2. The molecule has 0 atom stereocenters. The number of aromatic nitrogens is 2. The van der Waals surface area contributed by atoms with Crippen LogP contribution in [0.15, 0.2) is 52.9 Å². The van der Waals surface area contributed by atoms with E-state index in [1.54, 1.807) is 12.1 Å². The van der Waals surface area contributed by atoms with E-state index >= 15 is 0 Å². The number of benzene rings is 1. The highest BCUT2D eigenvalue weighted by molar-refractivity contribution is 5.92. The number of carbonyl (C=O) groups is 1. The number of H-pyrrole nitrogens is 1. The van der Waals surface area contributed by atoms with Crippen LogP contribution in [0.2, 0.25) is 0 Å². The molecule has 0 aliphatic carbocycles. The van der Waals surface area contributed by atoms with Gasteiger partial charge in [0.05, 0.1) is 6.54 Å². The first-order valence-electron chi connectivity index (χ1n) is 6.89. The summed E-state index contributed by atoms with van der Waals surface area (Å²) in [5.74, 6) is 0.697. The first-order chi connectivity index (χ1) is 11.1. The molecule has 0 aliphatic rings. The molecule has 3 aromatic rings. The van der Waals surface area contributed by atoms with Gasteiger partial charge in [-0.25, -0.2) is 8.78 Å². The lowest BCUT2D eigenvalue weighted by atomic mass is 10.2. The summed E-state index contributed by atoms with van der Waals surface area (Å²) < 4.78 is 30.5. The highest BCUT2D eigenvalue weighted by atomic mass is 19.3. The molecule has 1 aromatic carbocycles. The molecule has 0 unspecified atom stereocenters. The smallest absolute Gasteiger partial charge is 0.279 e. The molecule has 0 aliphatic heterocycles. The van der Waals surface area contributed by atoms with Crippen LogP contribution in [0, 0.1) is 0 Å². The van der Waals surface area contributed by atoms with Gasteiger partial charge in [0, 0.05) is 5.56 Å². The SMILES string of the molecule is O=C(NCc1ccc(-c2ccccc2)o1)c1cc(C(F)F)[nH]n1. The Morgan fingerprint density at radius 3 is 2.70 bits per heavy atom. The maximum absolute atomic E-state index is 12.4. The number of nitrogens with zero attached hydrogens (tertiary/aromatic N) is 1. The van der Waals surface area contributed by atoms with E-state index in [9.17, 15) is 13.6 Å². The van der Waals surface area contributed by atoms with Gasteiger partial charge >= 0.3 is 0 Å². The van der Waals surface area contributed by atoms with E-state index in [2.05, 4.69) is 15.5 Å². The predicted octanol–water partition coefficient (Wildman–Crippen LogP) is 3.54. The zero-order chi connectivity index (χ0) is 16.2. The fourth-order valence-corrected chi connectivity index (χ4v) is 2.05. The molecule has 3 rings (SSSR count). The summed E-state index contributed by atoms with van der Waals surface area (Å²) >= 11 is 0. The number of carbonyl (C=O) groups excluding carboxylic acids is 1. The summed E-state index contributed by atoms with van der Waals surface area (Å²) in [6.07, 6.45) is -2.69. The average molecular weight is 317 g/mol. The Balaban J connectivity index is 1.62. The minimum absolute atomic E-state index is 0.0878. The molecular formula is C16H13F2N3O2. The molecule has 2 heterocycles. The Morgan fingerprint density at radius 2 is 2.00 bits per heavy atom. The predicted molar refractivity (Wildman–Crippen MR) is 78.9 cm³/mol. The minimum Gasteiger partial charge on any atom is -0.459 e. The van der Waals surface area contributed by atoms with Crippen molar-refractivity contribution in [2.45, 2.75) is 13.0 Å². The summed E-state index contributed by atoms with van der Waals surface area (Å²) in [4.78, 5) is 11.9. The number of hydrogen-bond donors (Lipinski definition) is 2. The Bertz CT molecular complexity index is 797. The van der Waals surface area contributed by atoms with Gasteiger partial charge in [-0.05, 0) is 18.2 Å². The van der Waals surface area contributed by atoms with E-state index in [0.717, 1.165) is 11.6 Å². The molecule has 0 saturated carbocycles. The van der Waals surface area contributed by atoms with Gasteiger partial charge in [-0.2, -0.15) is 5.10 Å². The normalized spacial score (nSPS) is 10.9. The second-order valence-corrected chi connectivity index (χ2v) is 4.82. The summed E-state index contributed by atoms with van der Waals surface area (Å²) in [6.45, 7) is 0.141. The van der Waals surface area contributed by atoms with Crippen molar-refractivity contribution < 1.29 is 18.0 Å². The number of amides is 1. The first kappa shape index (κ1) is 15.0. The minimum atomic E-state index is -2.69. The third-order valence-electron chi connectivity index (χ3n) is 3.21. The van der Waals surface area contributed by atoms with E-state index < -0.39 is 12.3 Å². The van der Waals surface area contributed by atoms with Crippen LogP contribution in [0.1, 0.15) is 28.4 Å². The number of hydrogen-bond acceptors (Lipinski definition) is 3. The van der Waals surface area contributed by atoms with Crippen LogP contribution in [-0.2, 0) is 6.54 Å². The molecular weight excluding hydrogens is 304 g/mol. The molecule has 2 N–H and O–H groups in total. The van der Waals surface area contributed by atoms with Crippen LogP contribution in [0.25, 0.3) is 11.3 Å². The van der Waals surface area contributed by atoms with Gasteiger partial charge < -0.3 is 9.73 Å². The number of alkyl halides is 2. The highest BCUT2D eigenvalue weighted by Crippen LogP contribution is 2.21. The molecule has 2 aromatic heterocycles. The largest absolute Gasteiger partial charge is 0.459 e. The maximum atomic E-state index is 12.4. The molecule has 0 fully saturated rings. The van der Waals surface area contributed by atoms with Gasteiger partial charge in [0.25, 0.3) is 12.3 Å². The van der Waals surface area contributed by atoms with Gasteiger partial charge in [-0.3, -0.25) is 9.89 Å². The summed E-state index contributed by atoms with van der Waals surface area (Å²) in [6, 6.07) is 14.1. The van der Waals surface area contributed by atoms with Crippen molar-refractivity contribution in [3.63, 3.8) is 0 Å². The average Bonchev–Trinajstić information content (AvgIpc) is 3.23. The van der Waals surface area contributed by atoms with E-state index in [1.165, 1.54) is 0 Å². The van der Waals surface area contributed by atoms with Crippen LogP contribution in [0.4, 0.5) is 8.78 Å². The fourth-order valence-electron chi connectivity index (χ4n) is 2.05. The molecule has 118 valence electrons. The van der Waals surface area contributed by atoms with E-state index in [0.29, 0.717) is 11.5 Å². The fraction of sp³-hybridized carbons (Fsp3) is 0.125. The number of rotatable bonds is 5. The van der Waals surface area contributed by atoms with Gasteiger partial charge in [0.1, 0.15) is 22.9 Å². The van der Waals surface area contributed by atoms with Crippen molar-refractivity contribution in [3.8, 4) is 11.3 Å². The van der Waals surface area contributed by atoms with Crippen LogP contribution in [0.5, 0.6) is 0 Å². The first-order valence-corrected chi connectivity index (χ1v) is 6.89. The van der Waals surface area contributed by atoms with Crippen molar-refractivity contribution in [2.75, 3.05) is 0 Å². The standard InChI is InChI=1S/C16H13F2N3O2/c17-15(18)12-8-13(21-20-12)16(22)19-9-11-6-7-14(23-11)10-4-2-1-3-5-10/h1-8,15H,9H2,(H,19,22)(H,20,21). The Morgan fingerprint density at radius 1 is 1.22 bits per heavy atom. The lowest BCUT2D eigenvalue weighted by molar-refractivity contribution is 0.0943. The Hall–Kier alpha value is -2.96. The summed E-state index contributed by atoms with van der Waals surface area (Å²) in [7, 11) is 0. The van der Waals surface area contributed by atoms with E-state index in [1.807, 2.05) is 30.3 Å². The quantitative estimate of drug-likeness (QED) is 0.756. The number of furan rings is 1. The van der Waals surface area contributed by atoms with Crippen LogP contribution in [-0.4, -0.2) is 16.1 Å². The van der Waals surface area contributed by atoms with Crippen LogP contribution in [0.3, 0.4) is 0 Å². The summed E-state index contributed by atoms with van der Waals surface area (Å²) in [5.41, 5.74) is 0.452. The highest BCUT2D eigenvalue weighted by Gasteiger charge is 2.15. The lowest BCUT2D eigenvalue weighted by Crippen LogP contribution is -2.22. The third-order valence-corrected chi connectivity index (χ3v) is 3.21. The van der Waals surface area contributed by atoms with Crippen molar-refractivity contribution in [2.24, 2.45) is 0 Å². The Labute approximate surface area is 130 Å². The molecule has 0 saturated heterocycles. The molecule has 0 bridgehead atoms. The topological polar surface area (TPSA) is 70.9 Å². The number of aromatic amines is 1. The second kappa shape index (κ2) is 6.43. The Kier molecular flexibility index (Phi) is 4.18. The molecule has 23 heavy (non-hydrogen) atoms. The van der Waals surface area contributed by atoms with E-state index in [4.69, 9.17) is 4.42 Å². The molecule has 5 nitrogen and oxygen atoms in total. The van der Waals surface area contributed by atoms with Crippen molar-refractivity contribution in [1.29, 1.82) is 0 Å². The maximum Gasteiger partial charge on any atom is 0.279 e. The molecule has 7 heteroatoms. The molecule has 1 amide bonds. The van der Waals surface area contributed by atoms with Gasteiger partial charge in [-0.1, -0.05) is 30.3 Å². The molecule has 0 radical (unpaired) electrons. The third kappa shape index (κ3) is 3.45.